The Morgan fingerprint density at radius 2 is 2.05 bits per heavy atom. The van der Waals surface area contributed by atoms with Gasteiger partial charge in [0.05, 0.1) is 0 Å². The van der Waals surface area contributed by atoms with Gasteiger partial charge in [-0.1, -0.05) is 43.1 Å². The SMILES string of the molecule is CCCC(Oc1ccc(Br)cc1)C(=O)NN=CC(C)C. The molecule has 1 aromatic carbocycles. The Balaban J connectivity index is 2.63. The van der Waals surface area contributed by atoms with Crippen molar-refractivity contribution in [3.63, 3.8) is 0 Å². The van der Waals surface area contributed by atoms with Crippen LogP contribution >= 0.6 is 15.9 Å². The van der Waals surface area contributed by atoms with E-state index >= 15 is 0 Å². The van der Waals surface area contributed by atoms with E-state index in [0.717, 1.165) is 10.9 Å². The summed E-state index contributed by atoms with van der Waals surface area (Å²) in [6.45, 7) is 6.01. The molecule has 0 aliphatic carbocycles. The van der Waals surface area contributed by atoms with Crippen LogP contribution in [0.2, 0.25) is 0 Å². The molecule has 0 aromatic heterocycles. The molecule has 0 saturated heterocycles. The molecule has 20 heavy (non-hydrogen) atoms. The fourth-order valence-electron chi connectivity index (χ4n) is 1.51. The van der Waals surface area contributed by atoms with Gasteiger partial charge in [0.2, 0.25) is 0 Å². The van der Waals surface area contributed by atoms with E-state index in [-0.39, 0.29) is 5.91 Å². The van der Waals surface area contributed by atoms with Gasteiger partial charge in [-0.3, -0.25) is 4.79 Å². The Bertz CT molecular complexity index is 444. The van der Waals surface area contributed by atoms with Crippen molar-refractivity contribution in [3.8, 4) is 5.75 Å². The van der Waals surface area contributed by atoms with Crippen LogP contribution in [-0.2, 0) is 4.79 Å². The fourth-order valence-corrected chi connectivity index (χ4v) is 1.77. The van der Waals surface area contributed by atoms with Gasteiger partial charge in [0.1, 0.15) is 5.75 Å². The van der Waals surface area contributed by atoms with Gasteiger partial charge < -0.3 is 4.74 Å². The second-order valence-corrected chi connectivity index (χ2v) is 5.76. The summed E-state index contributed by atoms with van der Waals surface area (Å²) in [5.41, 5.74) is 2.53. The molecule has 0 aliphatic rings. The Morgan fingerprint density at radius 3 is 2.60 bits per heavy atom. The summed E-state index contributed by atoms with van der Waals surface area (Å²) in [5.74, 6) is 0.758. The third-order valence-corrected chi connectivity index (χ3v) is 3.01. The monoisotopic (exact) mass is 340 g/mol. The molecule has 1 unspecified atom stereocenters. The zero-order valence-corrected chi connectivity index (χ0v) is 13.7. The summed E-state index contributed by atoms with van der Waals surface area (Å²) < 4.78 is 6.70. The van der Waals surface area contributed by atoms with Crippen molar-refractivity contribution in [2.75, 3.05) is 0 Å². The fraction of sp³-hybridized carbons (Fsp3) is 0.467. The lowest BCUT2D eigenvalue weighted by Gasteiger charge is -2.16. The summed E-state index contributed by atoms with van der Waals surface area (Å²) in [6, 6.07) is 7.43. The average Bonchev–Trinajstić information content (AvgIpc) is 2.40. The molecule has 110 valence electrons. The van der Waals surface area contributed by atoms with Crippen LogP contribution in [-0.4, -0.2) is 18.2 Å². The van der Waals surface area contributed by atoms with Crippen molar-refractivity contribution in [2.45, 2.75) is 39.7 Å². The van der Waals surface area contributed by atoms with Gasteiger partial charge in [-0.05, 0) is 36.6 Å². The van der Waals surface area contributed by atoms with Gasteiger partial charge in [-0.2, -0.15) is 5.10 Å². The highest BCUT2D eigenvalue weighted by Gasteiger charge is 2.19. The van der Waals surface area contributed by atoms with E-state index in [1.165, 1.54) is 0 Å². The maximum Gasteiger partial charge on any atom is 0.281 e. The van der Waals surface area contributed by atoms with Crippen LogP contribution in [0.3, 0.4) is 0 Å². The smallest absolute Gasteiger partial charge is 0.281 e. The number of hydrazone groups is 1. The number of carbonyl (C=O) groups is 1. The number of ether oxygens (including phenoxy) is 1. The van der Waals surface area contributed by atoms with Gasteiger partial charge in [0.25, 0.3) is 5.91 Å². The van der Waals surface area contributed by atoms with Crippen LogP contribution < -0.4 is 10.2 Å². The lowest BCUT2D eigenvalue weighted by atomic mass is 10.2. The Hall–Kier alpha value is -1.36. The number of nitrogens with one attached hydrogen (secondary N) is 1. The van der Waals surface area contributed by atoms with Crippen molar-refractivity contribution in [1.82, 2.24) is 5.43 Å². The van der Waals surface area contributed by atoms with Crippen molar-refractivity contribution < 1.29 is 9.53 Å². The van der Waals surface area contributed by atoms with Crippen molar-refractivity contribution >= 4 is 28.1 Å². The average molecular weight is 341 g/mol. The van der Waals surface area contributed by atoms with Gasteiger partial charge in [-0.15, -0.1) is 0 Å². The highest BCUT2D eigenvalue weighted by molar-refractivity contribution is 9.10. The number of amides is 1. The Kier molecular flexibility index (Phi) is 7.30. The molecule has 5 heteroatoms. The standard InChI is InChI=1S/C15H21BrN2O2/c1-4-5-14(15(19)18-17-10-11(2)3)20-13-8-6-12(16)7-9-13/h6-11,14H,4-5H2,1-3H3,(H,18,19). The lowest BCUT2D eigenvalue weighted by Crippen LogP contribution is -2.35. The number of rotatable bonds is 7. The molecule has 0 aliphatic heterocycles. The molecular weight excluding hydrogens is 320 g/mol. The summed E-state index contributed by atoms with van der Waals surface area (Å²) in [5, 5.41) is 3.92. The Morgan fingerprint density at radius 1 is 1.40 bits per heavy atom. The predicted molar refractivity (Wildman–Crippen MR) is 84.9 cm³/mol. The van der Waals surface area contributed by atoms with E-state index in [2.05, 4.69) is 26.5 Å². The third-order valence-electron chi connectivity index (χ3n) is 2.48. The van der Waals surface area contributed by atoms with Crippen LogP contribution in [0.25, 0.3) is 0 Å². The second-order valence-electron chi connectivity index (χ2n) is 4.85. The summed E-state index contributed by atoms with van der Waals surface area (Å²) in [6.07, 6.45) is 2.69. The molecular formula is C15H21BrN2O2. The zero-order valence-electron chi connectivity index (χ0n) is 12.1. The van der Waals surface area contributed by atoms with Crippen LogP contribution in [0.5, 0.6) is 5.75 Å². The van der Waals surface area contributed by atoms with Crippen molar-refractivity contribution in [3.05, 3.63) is 28.7 Å². The predicted octanol–water partition coefficient (Wildman–Crippen LogP) is 3.75. The van der Waals surface area contributed by atoms with Crippen molar-refractivity contribution in [2.24, 2.45) is 11.0 Å². The molecule has 0 saturated carbocycles. The molecule has 0 bridgehead atoms. The first-order valence-corrected chi connectivity index (χ1v) is 7.57. The summed E-state index contributed by atoms with van der Waals surface area (Å²) >= 11 is 3.37. The summed E-state index contributed by atoms with van der Waals surface area (Å²) in [4.78, 5) is 12.0. The van der Waals surface area contributed by atoms with Crippen LogP contribution in [0.1, 0.15) is 33.6 Å². The maximum atomic E-state index is 12.0. The molecule has 1 aromatic rings. The minimum absolute atomic E-state index is 0.216. The number of benzene rings is 1. The Labute approximate surface area is 128 Å². The van der Waals surface area contributed by atoms with Gasteiger partial charge in [-0.25, -0.2) is 5.43 Å². The number of hydrogen-bond acceptors (Lipinski definition) is 3. The lowest BCUT2D eigenvalue weighted by molar-refractivity contribution is -0.128. The zero-order chi connectivity index (χ0) is 15.0. The first-order chi connectivity index (χ1) is 9.52. The van der Waals surface area contributed by atoms with Crippen LogP contribution in [0, 0.1) is 5.92 Å². The molecule has 0 radical (unpaired) electrons. The molecule has 0 fully saturated rings. The number of hydrogen-bond donors (Lipinski definition) is 1. The third kappa shape index (κ3) is 6.19. The molecule has 0 spiro atoms. The van der Waals surface area contributed by atoms with Gasteiger partial charge in [0, 0.05) is 10.7 Å². The first-order valence-electron chi connectivity index (χ1n) is 6.78. The number of halogens is 1. The van der Waals surface area contributed by atoms with Crippen molar-refractivity contribution in [1.29, 1.82) is 0 Å². The van der Waals surface area contributed by atoms with E-state index in [1.807, 2.05) is 45.0 Å². The van der Waals surface area contributed by atoms with E-state index in [4.69, 9.17) is 4.74 Å². The minimum Gasteiger partial charge on any atom is -0.481 e. The molecule has 1 N–H and O–H groups in total. The van der Waals surface area contributed by atoms with Crippen LogP contribution in [0.4, 0.5) is 0 Å². The molecule has 0 heterocycles. The number of carbonyl (C=O) groups excluding carboxylic acids is 1. The highest BCUT2D eigenvalue weighted by Crippen LogP contribution is 2.18. The molecule has 1 amide bonds. The van der Waals surface area contributed by atoms with E-state index in [0.29, 0.717) is 18.1 Å². The van der Waals surface area contributed by atoms with Gasteiger partial charge in [0.15, 0.2) is 6.10 Å². The topological polar surface area (TPSA) is 50.7 Å². The minimum atomic E-state index is -0.523. The number of nitrogens with zero attached hydrogens (tertiary/aromatic N) is 1. The van der Waals surface area contributed by atoms with E-state index in [1.54, 1.807) is 6.21 Å². The van der Waals surface area contributed by atoms with Crippen LogP contribution in [0.15, 0.2) is 33.8 Å². The quantitative estimate of drug-likeness (QED) is 0.606. The first kappa shape index (κ1) is 16.7. The van der Waals surface area contributed by atoms with E-state index < -0.39 is 6.10 Å². The summed E-state index contributed by atoms with van der Waals surface area (Å²) in [7, 11) is 0. The van der Waals surface area contributed by atoms with Gasteiger partial charge >= 0.3 is 0 Å². The molecule has 4 nitrogen and oxygen atoms in total. The normalized spacial score (nSPS) is 12.7. The van der Waals surface area contributed by atoms with E-state index in [9.17, 15) is 4.79 Å². The largest absolute Gasteiger partial charge is 0.481 e. The highest BCUT2D eigenvalue weighted by atomic mass is 79.9. The second kappa shape index (κ2) is 8.74. The molecule has 1 rings (SSSR count). The maximum absolute atomic E-state index is 12.0. The molecule has 1 atom stereocenters.